The van der Waals surface area contributed by atoms with Gasteiger partial charge in [0, 0.05) is 0 Å². The van der Waals surface area contributed by atoms with Gasteiger partial charge in [-0.3, -0.25) is 0 Å². The Morgan fingerprint density at radius 2 is 1.31 bits per heavy atom. The van der Waals surface area contributed by atoms with Crippen LogP contribution in [-0.2, 0) is 0 Å². The molecule has 0 saturated heterocycles. The smallest absolute Gasteiger partial charge is 0.391 e. The zero-order valence-corrected chi connectivity index (χ0v) is 9.34. The molecule has 0 saturated carbocycles. The van der Waals surface area contributed by atoms with E-state index in [9.17, 15) is 0 Å². The maximum Gasteiger partial charge on any atom is 0.391 e. The molecule has 0 spiro atoms. The molecule has 0 atom stereocenters. The van der Waals surface area contributed by atoms with Gasteiger partial charge in [-0.1, -0.05) is 42.5 Å². The maximum absolute atomic E-state index is 8.69. The lowest BCUT2D eigenvalue weighted by atomic mass is 10.1. The molecule has 4 heteroatoms. The van der Waals surface area contributed by atoms with Gasteiger partial charge in [0.2, 0.25) is 0 Å². The molecule has 0 aliphatic heterocycles. The third-order valence-corrected chi connectivity index (χ3v) is 2.52. The van der Waals surface area contributed by atoms with Crippen molar-refractivity contribution < 1.29 is 14.3 Å². The summed E-state index contributed by atoms with van der Waals surface area (Å²) in [5.41, 5.74) is 2.18. The third-order valence-electron chi connectivity index (χ3n) is 2.15. The molecule has 0 heterocycles. The molecule has 2 aromatic carbocycles. The Labute approximate surface area is 95.0 Å². The molecule has 16 heavy (non-hydrogen) atoms. The molecular weight excluding hydrogens is 223 g/mol. The second-order valence-electron chi connectivity index (χ2n) is 3.23. The fraction of sp³-hybridized carbons (Fsp3) is 0. The SMILES string of the molecule is OP(O)Oc1ccc(-c2ccccc2)cc1. The molecule has 0 fully saturated rings. The summed E-state index contributed by atoms with van der Waals surface area (Å²) in [4.78, 5) is 17.4. The van der Waals surface area contributed by atoms with Crippen molar-refractivity contribution in [3.8, 4) is 16.9 Å². The van der Waals surface area contributed by atoms with Crippen LogP contribution in [0.5, 0.6) is 5.75 Å². The average molecular weight is 234 g/mol. The van der Waals surface area contributed by atoms with E-state index in [1.165, 1.54) is 0 Å². The van der Waals surface area contributed by atoms with Crippen LogP contribution in [0.2, 0.25) is 0 Å². The van der Waals surface area contributed by atoms with Crippen LogP contribution >= 0.6 is 8.60 Å². The molecule has 2 rings (SSSR count). The molecule has 0 aliphatic carbocycles. The summed E-state index contributed by atoms with van der Waals surface area (Å²) in [7, 11) is -2.34. The number of benzene rings is 2. The Bertz CT molecular complexity index is 440. The van der Waals surface area contributed by atoms with Gasteiger partial charge in [-0.05, 0) is 23.3 Å². The first-order chi connectivity index (χ1) is 7.75. The van der Waals surface area contributed by atoms with Gasteiger partial charge >= 0.3 is 8.60 Å². The lowest BCUT2D eigenvalue weighted by molar-refractivity contribution is 0.375. The summed E-state index contributed by atoms with van der Waals surface area (Å²) in [6, 6.07) is 17.1. The van der Waals surface area contributed by atoms with Crippen molar-refractivity contribution in [2.45, 2.75) is 0 Å². The first-order valence-corrected chi connectivity index (χ1v) is 5.93. The maximum atomic E-state index is 8.69. The monoisotopic (exact) mass is 234 g/mol. The van der Waals surface area contributed by atoms with Crippen molar-refractivity contribution in [2.24, 2.45) is 0 Å². The van der Waals surface area contributed by atoms with E-state index >= 15 is 0 Å². The van der Waals surface area contributed by atoms with Crippen molar-refractivity contribution in [3.63, 3.8) is 0 Å². The minimum atomic E-state index is -2.34. The van der Waals surface area contributed by atoms with Gasteiger partial charge in [0.05, 0.1) is 0 Å². The van der Waals surface area contributed by atoms with Gasteiger partial charge in [0.25, 0.3) is 0 Å². The van der Waals surface area contributed by atoms with E-state index in [1.54, 1.807) is 12.1 Å². The molecule has 0 aromatic heterocycles. The van der Waals surface area contributed by atoms with Crippen LogP contribution in [0.3, 0.4) is 0 Å². The van der Waals surface area contributed by atoms with Gasteiger partial charge in [0.15, 0.2) is 0 Å². The summed E-state index contributed by atoms with van der Waals surface area (Å²) in [6.45, 7) is 0. The van der Waals surface area contributed by atoms with Gasteiger partial charge in [0.1, 0.15) is 5.75 Å². The highest BCUT2D eigenvalue weighted by atomic mass is 31.2. The van der Waals surface area contributed by atoms with E-state index < -0.39 is 8.60 Å². The van der Waals surface area contributed by atoms with Crippen LogP contribution in [0.15, 0.2) is 54.6 Å². The standard InChI is InChI=1S/C12H11O3P/c13-16(14)15-12-8-6-11(7-9-12)10-4-2-1-3-5-10/h1-9,13-14H. The molecule has 0 bridgehead atoms. The average Bonchev–Trinajstić information content (AvgIpc) is 2.30. The van der Waals surface area contributed by atoms with Crippen LogP contribution in [0.1, 0.15) is 0 Å². The van der Waals surface area contributed by atoms with Crippen molar-refractivity contribution in [3.05, 3.63) is 54.6 Å². The molecule has 82 valence electrons. The summed E-state index contributed by atoms with van der Waals surface area (Å²) in [6.07, 6.45) is 0. The highest BCUT2D eigenvalue weighted by Crippen LogP contribution is 2.30. The molecule has 0 aliphatic rings. The largest absolute Gasteiger partial charge is 0.427 e. The Balaban J connectivity index is 2.20. The van der Waals surface area contributed by atoms with Gasteiger partial charge in [-0.2, -0.15) is 0 Å². The molecule has 2 aromatic rings. The molecule has 3 nitrogen and oxygen atoms in total. The van der Waals surface area contributed by atoms with Gasteiger partial charge in [-0.25, -0.2) is 0 Å². The first-order valence-electron chi connectivity index (χ1n) is 4.77. The number of hydrogen-bond acceptors (Lipinski definition) is 3. The topological polar surface area (TPSA) is 49.7 Å². The summed E-state index contributed by atoms with van der Waals surface area (Å²) >= 11 is 0. The minimum Gasteiger partial charge on any atom is -0.427 e. The van der Waals surface area contributed by atoms with Crippen LogP contribution in [0.4, 0.5) is 0 Å². The van der Waals surface area contributed by atoms with Gasteiger partial charge < -0.3 is 14.3 Å². The zero-order valence-electron chi connectivity index (χ0n) is 8.45. The van der Waals surface area contributed by atoms with Crippen molar-refractivity contribution >= 4 is 8.60 Å². The predicted octanol–water partition coefficient (Wildman–Crippen LogP) is 2.94. The Kier molecular flexibility index (Phi) is 3.52. The fourth-order valence-electron chi connectivity index (χ4n) is 1.43. The summed E-state index contributed by atoms with van der Waals surface area (Å²) < 4.78 is 4.78. The first kappa shape index (κ1) is 11.1. The molecule has 0 amide bonds. The highest BCUT2D eigenvalue weighted by molar-refractivity contribution is 7.39. The molecule has 0 radical (unpaired) electrons. The molecule has 2 N–H and O–H groups in total. The van der Waals surface area contributed by atoms with Crippen molar-refractivity contribution in [1.29, 1.82) is 0 Å². The van der Waals surface area contributed by atoms with E-state index in [0.29, 0.717) is 5.75 Å². The molecular formula is C12H11O3P. The van der Waals surface area contributed by atoms with Crippen molar-refractivity contribution in [1.82, 2.24) is 0 Å². The Morgan fingerprint density at radius 3 is 1.88 bits per heavy atom. The summed E-state index contributed by atoms with van der Waals surface area (Å²) in [5, 5.41) is 0. The fourth-order valence-corrected chi connectivity index (χ4v) is 1.74. The quantitative estimate of drug-likeness (QED) is 0.803. The van der Waals surface area contributed by atoms with E-state index in [1.807, 2.05) is 42.5 Å². The second kappa shape index (κ2) is 5.08. The molecule has 0 unspecified atom stereocenters. The number of hydrogen-bond donors (Lipinski definition) is 2. The Hall–Kier alpha value is -1.41. The normalized spacial score (nSPS) is 10.4. The van der Waals surface area contributed by atoms with E-state index in [4.69, 9.17) is 14.3 Å². The van der Waals surface area contributed by atoms with E-state index in [0.717, 1.165) is 11.1 Å². The predicted molar refractivity (Wildman–Crippen MR) is 63.9 cm³/mol. The highest BCUT2D eigenvalue weighted by Gasteiger charge is 2.02. The zero-order chi connectivity index (χ0) is 11.4. The van der Waals surface area contributed by atoms with Crippen LogP contribution in [-0.4, -0.2) is 9.79 Å². The van der Waals surface area contributed by atoms with Crippen LogP contribution in [0, 0.1) is 0 Å². The third kappa shape index (κ3) is 2.80. The van der Waals surface area contributed by atoms with Crippen LogP contribution in [0.25, 0.3) is 11.1 Å². The van der Waals surface area contributed by atoms with Crippen LogP contribution < -0.4 is 4.52 Å². The van der Waals surface area contributed by atoms with Crippen molar-refractivity contribution in [2.75, 3.05) is 0 Å². The minimum absolute atomic E-state index is 0.454. The van der Waals surface area contributed by atoms with E-state index in [-0.39, 0.29) is 0 Å². The number of rotatable bonds is 3. The Morgan fingerprint density at radius 1 is 0.750 bits per heavy atom. The summed E-state index contributed by atoms with van der Waals surface area (Å²) in [5.74, 6) is 0.454. The lowest BCUT2D eigenvalue weighted by Gasteiger charge is -2.06. The lowest BCUT2D eigenvalue weighted by Crippen LogP contribution is -1.84. The second-order valence-corrected chi connectivity index (χ2v) is 3.92. The van der Waals surface area contributed by atoms with Gasteiger partial charge in [-0.15, -0.1) is 0 Å². The van der Waals surface area contributed by atoms with E-state index in [2.05, 4.69) is 0 Å².